The summed E-state index contributed by atoms with van der Waals surface area (Å²) in [7, 11) is 0. The molecule has 0 aliphatic carbocycles. The normalized spacial score (nSPS) is 14.0. The van der Waals surface area contributed by atoms with Gasteiger partial charge in [-0.05, 0) is 25.1 Å². The summed E-state index contributed by atoms with van der Waals surface area (Å²) in [4.78, 5) is 13.7. The summed E-state index contributed by atoms with van der Waals surface area (Å²) in [6.07, 6.45) is 5.39. The van der Waals surface area contributed by atoms with E-state index in [4.69, 9.17) is 0 Å². The third-order valence-corrected chi connectivity index (χ3v) is 1.63. The van der Waals surface area contributed by atoms with Crippen LogP contribution in [0.15, 0.2) is 17.1 Å². The molecular formula is C9H11NO. The molecule has 0 spiro atoms. The summed E-state index contributed by atoms with van der Waals surface area (Å²) in [5, 5.41) is 1.73. The SMILES string of the molecule is CC=c1cc[nH]c(=O)c1=CC. The Kier molecular flexibility index (Phi) is 2.26. The van der Waals surface area contributed by atoms with Gasteiger partial charge in [0, 0.05) is 11.4 Å². The molecule has 1 aromatic heterocycles. The van der Waals surface area contributed by atoms with E-state index in [1.54, 1.807) is 6.20 Å². The largest absolute Gasteiger partial charge is 0.329 e. The quantitative estimate of drug-likeness (QED) is 0.552. The van der Waals surface area contributed by atoms with Gasteiger partial charge in [0.25, 0.3) is 5.56 Å². The average Bonchev–Trinajstić information content (AvgIpc) is 2.04. The third-order valence-electron chi connectivity index (χ3n) is 1.63. The molecule has 0 aliphatic heterocycles. The Morgan fingerprint density at radius 2 is 2.09 bits per heavy atom. The van der Waals surface area contributed by atoms with Gasteiger partial charge < -0.3 is 4.98 Å². The Morgan fingerprint density at radius 3 is 2.55 bits per heavy atom. The smallest absolute Gasteiger partial charge is 0.255 e. The maximum Gasteiger partial charge on any atom is 0.255 e. The van der Waals surface area contributed by atoms with Crippen molar-refractivity contribution in [1.29, 1.82) is 0 Å². The van der Waals surface area contributed by atoms with Gasteiger partial charge in [-0.3, -0.25) is 4.79 Å². The van der Waals surface area contributed by atoms with Gasteiger partial charge in [-0.25, -0.2) is 0 Å². The highest BCUT2D eigenvalue weighted by molar-refractivity contribution is 5.26. The molecule has 0 amide bonds. The predicted molar refractivity (Wildman–Crippen MR) is 46.6 cm³/mol. The van der Waals surface area contributed by atoms with Gasteiger partial charge in [0.15, 0.2) is 0 Å². The molecule has 2 heteroatoms. The molecule has 1 rings (SSSR count). The molecule has 0 fully saturated rings. The van der Waals surface area contributed by atoms with Crippen molar-refractivity contribution in [3.63, 3.8) is 0 Å². The highest BCUT2D eigenvalue weighted by atomic mass is 16.1. The maximum absolute atomic E-state index is 11.1. The molecule has 0 bridgehead atoms. The number of hydrogen-bond donors (Lipinski definition) is 1. The van der Waals surface area contributed by atoms with E-state index in [-0.39, 0.29) is 5.56 Å². The minimum atomic E-state index is -0.0249. The van der Waals surface area contributed by atoms with Crippen LogP contribution in [0.2, 0.25) is 0 Å². The van der Waals surface area contributed by atoms with Crippen molar-refractivity contribution in [3.05, 3.63) is 33.1 Å². The van der Waals surface area contributed by atoms with E-state index in [1.807, 2.05) is 32.1 Å². The predicted octanol–water partition coefficient (Wildman–Crippen LogP) is -0.0243. The zero-order valence-corrected chi connectivity index (χ0v) is 6.72. The van der Waals surface area contributed by atoms with Gasteiger partial charge in [-0.1, -0.05) is 12.2 Å². The standard InChI is InChI=1S/C9H11NO/c1-3-7-5-6-10-9(11)8(7)4-2/h3-6H,1-2H3,(H,10,11). The molecule has 58 valence electrons. The lowest BCUT2D eigenvalue weighted by Crippen LogP contribution is -2.39. The van der Waals surface area contributed by atoms with Crippen LogP contribution in [0.1, 0.15) is 13.8 Å². The molecule has 0 radical (unpaired) electrons. The molecule has 11 heavy (non-hydrogen) atoms. The lowest BCUT2D eigenvalue weighted by molar-refractivity contribution is 1.18. The van der Waals surface area contributed by atoms with E-state index < -0.39 is 0 Å². The van der Waals surface area contributed by atoms with Crippen LogP contribution in [0.4, 0.5) is 0 Å². The molecular weight excluding hydrogens is 138 g/mol. The van der Waals surface area contributed by atoms with Crippen LogP contribution in [0.3, 0.4) is 0 Å². The lowest BCUT2D eigenvalue weighted by atomic mass is 10.3. The van der Waals surface area contributed by atoms with E-state index in [0.717, 1.165) is 10.4 Å². The second kappa shape index (κ2) is 3.19. The fourth-order valence-corrected chi connectivity index (χ4v) is 1.06. The van der Waals surface area contributed by atoms with Crippen LogP contribution < -0.4 is 16.0 Å². The zero-order chi connectivity index (χ0) is 8.27. The molecule has 0 aliphatic rings. The van der Waals surface area contributed by atoms with Crippen LogP contribution in [-0.2, 0) is 0 Å². The van der Waals surface area contributed by atoms with E-state index >= 15 is 0 Å². The van der Waals surface area contributed by atoms with Crippen molar-refractivity contribution in [1.82, 2.24) is 4.98 Å². The van der Waals surface area contributed by atoms with Gasteiger partial charge in [-0.15, -0.1) is 0 Å². The number of rotatable bonds is 0. The molecule has 1 N–H and O–H groups in total. The van der Waals surface area contributed by atoms with Crippen molar-refractivity contribution in [3.8, 4) is 0 Å². The van der Waals surface area contributed by atoms with Gasteiger partial charge in [0.2, 0.25) is 0 Å². The number of nitrogens with one attached hydrogen (secondary N) is 1. The van der Waals surface area contributed by atoms with Gasteiger partial charge in [0.05, 0.1) is 0 Å². The average molecular weight is 149 g/mol. The number of H-pyrrole nitrogens is 1. The summed E-state index contributed by atoms with van der Waals surface area (Å²) in [5.74, 6) is 0. The van der Waals surface area contributed by atoms with Crippen LogP contribution in [0, 0.1) is 0 Å². The van der Waals surface area contributed by atoms with E-state index in [0.29, 0.717) is 0 Å². The number of pyridine rings is 1. The first-order valence-electron chi connectivity index (χ1n) is 3.60. The van der Waals surface area contributed by atoms with E-state index in [1.165, 1.54) is 0 Å². The molecule has 0 aromatic carbocycles. The van der Waals surface area contributed by atoms with Crippen molar-refractivity contribution >= 4 is 12.2 Å². The van der Waals surface area contributed by atoms with Crippen molar-refractivity contribution in [2.45, 2.75) is 13.8 Å². The Labute approximate surface area is 64.9 Å². The van der Waals surface area contributed by atoms with Gasteiger partial charge >= 0.3 is 0 Å². The van der Waals surface area contributed by atoms with Crippen molar-refractivity contribution < 1.29 is 0 Å². The first-order chi connectivity index (χ1) is 5.29. The van der Waals surface area contributed by atoms with Gasteiger partial charge in [-0.2, -0.15) is 0 Å². The molecule has 0 unspecified atom stereocenters. The van der Waals surface area contributed by atoms with Crippen molar-refractivity contribution in [2.24, 2.45) is 0 Å². The number of hydrogen-bond acceptors (Lipinski definition) is 1. The first-order valence-corrected chi connectivity index (χ1v) is 3.60. The Hall–Kier alpha value is -1.31. The summed E-state index contributed by atoms with van der Waals surface area (Å²) in [6, 6.07) is 1.89. The Morgan fingerprint density at radius 1 is 1.36 bits per heavy atom. The second-order valence-electron chi connectivity index (χ2n) is 2.25. The van der Waals surface area contributed by atoms with Crippen molar-refractivity contribution in [2.75, 3.05) is 0 Å². The fraction of sp³-hybridized carbons (Fsp3) is 0.222. The van der Waals surface area contributed by atoms with E-state index in [9.17, 15) is 4.79 Å². The number of aromatic nitrogens is 1. The third kappa shape index (κ3) is 1.40. The maximum atomic E-state index is 11.1. The summed E-state index contributed by atoms with van der Waals surface area (Å²) >= 11 is 0. The summed E-state index contributed by atoms with van der Waals surface area (Å²) in [5.41, 5.74) is -0.0249. The Balaban J connectivity index is 3.80. The minimum Gasteiger partial charge on any atom is -0.329 e. The van der Waals surface area contributed by atoms with Crippen LogP contribution in [0.5, 0.6) is 0 Å². The van der Waals surface area contributed by atoms with Crippen LogP contribution in [-0.4, -0.2) is 4.98 Å². The number of aromatic amines is 1. The summed E-state index contributed by atoms with van der Waals surface area (Å²) < 4.78 is 0. The highest BCUT2D eigenvalue weighted by Crippen LogP contribution is 1.60. The summed E-state index contributed by atoms with van der Waals surface area (Å²) in [6.45, 7) is 3.78. The topological polar surface area (TPSA) is 32.9 Å². The minimum absolute atomic E-state index is 0.0249. The first kappa shape index (κ1) is 7.79. The fourth-order valence-electron chi connectivity index (χ4n) is 1.06. The van der Waals surface area contributed by atoms with Crippen LogP contribution >= 0.6 is 0 Å². The van der Waals surface area contributed by atoms with Crippen LogP contribution in [0.25, 0.3) is 12.2 Å². The highest BCUT2D eigenvalue weighted by Gasteiger charge is 1.86. The second-order valence-corrected chi connectivity index (χ2v) is 2.25. The molecule has 1 aromatic rings. The molecule has 0 saturated heterocycles. The molecule has 1 heterocycles. The van der Waals surface area contributed by atoms with Gasteiger partial charge in [0.1, 0.15) is 0 Å². The Bertz CT molecular complexity index is 400. The lowest BCUT2D eigenvalue weighted by Gasteiger charge is -1.85. The zero-order valence-electron chi connectivity index (χ0n) is 6.72. The van der Waals surface area contributed by atoms with E-state index in [2.05, 4.69) is 4.98 Å². The molecule has 0 saturated carbocycles. The molecule has 0 atom stereocenters. The monoisotopic (exact) mass is 149 g/mol. The molecule has 2 nitrogen and oxygen atoms in total.